The van der Waals surface area contributed by atoms with Gasteiger partial charge in [0.1, 0.15) is 0 Å². The summed E-state index contributed by atoms with van der Waals surface area (Å²) >= 11 is 3.44. The molecule has 0 saturated carbocycles. The van der Waals surface area contributed by atoms with Gasteiger partial charge in [0, 0.05) is 17.2 Å². The van der Waals surface area contributed by atoms with Crippen molar-refractivity contribution in [2.75, 3.05) is 13.2 Å². The highest BCUT2D eigenvalue weighted by molar-refractivity contribution is 9.11. The van der Waals surface area contributed by atoms with Crippen LogP contribution in [0.25, 0.3) is 0 Å². The summed E-state index contributed by atoms with van der Waals surface area (Å²) in [6.45, 7) is 3.08. The first-order valence-corrected chi connectivity index (χ1v) is 6.22. The van der Waals surface area contributed by atoms with E-state index in [1.165, 1.54) is 0 Å². The van der Waals surface area contributed by atoms with Gasteiger partial charge in [-0.25, -0.2) is 0 Å². The average Bonchev–Trinajstić information content (AvgIpc) is 2.61. The van der Waals surface area contributed by atoms with Gasteiger partial charge in [-0.3, -0.25) is 10.1 Å². The third-order valence-corrected chi connectivity index (χ3v) is 3.19. The number of carbonyl (C=O) groups is 1. The SMILES string of the molecule is CCOC(=O)C[C@@H]1CN[C@@H]2C=CC(Br)=CN12. The zero-order valence-electron chi connectivity index (χ0n) is 9.15. The van der Waals surface area contributed by atoms with Crippen molar-refractivity contribution in [1.82, 2.24) is 10.2 Å². The lowest BCUT2D eigenvalue weighted by atomic mass is 10.2. The molecule has 16 heavy (non-hydrogen) atoms. The van der Waals surface area contributed by atoms with E-state index < -0.39 is 0 Å². The molecule has 2 heterocycles. The van der Waals surface area contributed by atoms with Crippen LogP contribution in [0.5, 0.6) is 0 Å². The number of rotatable bonds is 3. The van der Waals surface area contributed by atoms with Crippen molar-refractivity contribution in [2.24, 2.45) is 0 Å². The normalized spacial score (nSPS) is 27.6. The molecule has 0 aromatic heterocycles. The number of carbonyl (C=O) groups excluding carboxylic acids is 1. The van der Waals surface area contributed by atoms with E-state index >= 15 is 0 Å². The van der Waals surface area contributed by atoms with Gasteiger partial charge in [-0.1, -0.05) is 0 Å². The molecule has 88 valence electrons. The van der Waals surface area contributed by atoms with E-state index in [0.717, 1.165) is 11.0 Å². The molecule has 2 aliphatic rings. The summed E-state index contributed by atoms with van der Waals surface area (Å²) in [5.41, 5.74) is 0. The van der Waals surface area contributed by atoms with Crippen LogP contribution in [-0.4, -0.2) is 36.2 Å². The topological polar surface area (TPSA) is 41.6 Å². The first kappa shape index (κ1) is 11.7. The molecule has 2 rings (SSSR count). The summed E-state index contributed by atoms with van der Waals surface area (Å²) in [6.07, 6.45) is 6.76. The number of allylic oxidation sites excluding steroid dienone is 2. The number of hydrogen-bond acceptors (Lipinski definition) is 4. The number of fused-ring (bicyclic) bond motifs is 1. The zero-order valence-corrected chi connectivity index (χ0v) is 10.7. The van der Waals surface area contributed by atoms with Crippen LogP contribution >= 0.6 is 15.9 Å². The highest BCUT2D eigenvalue weighted by Crippen LogP contribution is 2.24. The Hall–Kier alpha value is -0.810. The molecule has 1 saturated heterocycles. The summed E-state index contributed by atoms with van der Waals surface area (Å²) < 4.78 is 6.00. The van der Waals surface area contributed by atoms with Crippen LogP contribution in [0.2, 0.25) is 0 Å². The average molecular weight is 287 g/mol. The van der Waals surface area contributed by atoms with Crippen LogP contribution in [0.1, 0.15) is 13.3 Å². The second-order valence-corrected chi connectivity index (χ2v) is 4.75. The fourth-order valence-electron chi connectivity index (χ4n) is 2.01. The van der Waals surface area contributed by atoms with E-state index in [1.54, 1.807) is 0 Å². The van der Waals surface area contributed by atoms with Gasteiger partial charge in [0.15, 0.2) is 0 Å². The molecule has 0 aromatic carbocycles. The molecule has 0 spiro atoms. The minimum absolute atomic E-state index is 0.131. The van der Waals surface area contributed by atoms with Crippen LogP contribution in [-0.2, 0) is 9.53 Å². The Balaban J connectivity index is 1.97. The van der Waals surface area contributed by atoms with E-state index in [-0.39, 0.29) is 18.2 Å². The fourth-order valence-corrected chi connectivity index (χ4v) is 2.40. The van der Waals surface area contributed by atoms with Crippen molar-refractivity contribution in [3.8, 4) is 0 Å². The third kappa shape index (κ3) is 2.47. The van der Waals surface area contributed by atoms with Gasteiger partial charge >= 0.3 is 5.97 Å². The van der Waals surface area contributed by atoms with Crippen LogP contribution in [0, 0.1) is 0 Å². The first-order valence-electron chi connectivity index (χ1n) is 5.42. The van der Waals surface area contributed by atoms with E-state index in [0.29, 0.717) is 13.0 Å². The van der Waals surface area contributed by atoms with E-state index in [9.17, 15) is 4.79 Å². The number of hydrogen-bond donors (Lipinski definition) is 1. The molecule has 1 N–H and O–H groups in total. The molecule has 2 aliphatic heterocycles. The van der Waals surface area contributed by atoms with Gasteiger partial charge in [0.2, 0.25) is 0 Å². The number of ether oxygens (including phenoxy) is 1. The Labute approximate surface area is 103 Å². The summed E-state index contributed by atoms with van der Waals surface area (Å²) in [4.78, 5) is 13.6. The lowest BCUT2D eigenvalue weighted by molar-refractivity contribution is -0.144. The molecule has 0 amide bonds. The monoisotopic (exact) mass is 286 g/mol. The van der Waals surface area contributed by atoms with E-state index in [4.69, 9.17) is 4.74 Å². The molecule has 0 aromatic rings. The van der Waals surface area contributed by atoms with Crippen molar-refractivity contribution in [1.29, 1.82) is 0 Å². The maximum Gasteiger partial charge on any atom is 0.307 e. The number of esters is 1. The summed E-state index contributed by atoms with van der Waals surface area (Å²) in [6, 6.07) is 0.182. The maximum atomic E-state index is 11.4. The van der Waals surface area contributed by atoms with E-state index in [1.807, 2.05) is 19.2 Å². The number of nitrogens with zero attached hydrogens (tertiary/aromatic N) is 1. The number of nitrogens with one attached hydrogen (secondary N) is 1. The molecule has 0 radical (unpaired) electrons. The Morgan fingerprint density at radius 1 is 1.75 bits per heavy atom. The van der Waals surface area contributed by atoms with Gasteiger partial charge in [0.25, 0.3) is 0 Å². The fraction of sp³-hybridized carbons (Fsp3) is 0.545. The van der Waals surface area contributed by atoms with Gasteiger partial charge in [-0.2, -0.15) is 0 Å². The van der Waals surface area contributed by atoms with Gasteiger partial charge < -0.3 is 9.64 Å². The van der Waals surface area contributed by atoms with Crippen molar-refractivity contribution >= 4 is 21.9 Å². The van der Waals surface area contributed by atoms with Crippen molar-refractivity contribution in [3.63, 3.8) is 0 Å². The first-order chi connectivity index (χ1) is 7.70. The molecule has 4 nitrogen and oxygen atoms in total. The van der Waals surface area contributed by atoms with Crippen LogP contribution < -0.4 is 5.32 Å². The van der Waals surface area contributed by atoms with Crippen LogP contribution in [0.3, 0.4) is 0 Å². The Morgan fingerprint density at radius 2 is 2.56 bits per heavy atom. The smallest absolute Gasteiger partial charge is 0.307 e. The Morgan fingerprint density at radius 3 is 3.31 bits per heavy atom. The summed E-state index contributed by atoms with van der Waals surface area (Å²) in [7, 11) is 0. The Kier molecular flexibility index (Phi) is 3.66. The second kappa shape index (κ2) is 5.01. The van der Waals surface area contributed by atoms with Crippen molar-refractivity contribution in [3.05, 3.63) is 22.8 Å². The minimum atomic E-state index is -0.131. The quantitative estimate of drug-likeness (QED) is 0.796. The molecular weight excluding hydrogens is 272 g/mol. The largest absolute Gasteiger partial charge is 0.466 e. The summed E-state index contributed by atoms with van der Waals surface area (Å²) in [5.74, 6) is -0.131. The molecule has 0 bridgehead atoms. The molecular formula is C11H15BrN2O2. The second-order valence-electron chi connectivity index (χ2n) is 3.84. The molecule has 5 heteroatoms. The van der Waals surface area contributed by atoms with Crippen molar-refractivity contribution < 1.29 is 9.53 Å². The zero-order chi connectivity index (χ0) is 11.5. The van der Waals surface area contributed by atoms with Gasteiger partial charge in [0.05, 0.1) is 25.2 Å². The number of halogens is 1. The highest BCUT2D eigenvalue weighted by Gasteiger charge is 2.32. The predicted octanol–water partition coefficient (Wildman–Crippen LogP) is 1.35. The lowest BCUT2D eigenvalue weighted by Crippen LogP contribution is -2.36. The standard InChI is InChI=1S/C11H15BrN2O2/c1-2-16-11(15)5-9-6-13-10-4-3-8(12)7-14(9)10/h3-4,7,9-10,13H,2,5-6H2,1H3/t9-,10+/m1/s1. The van der Waals surface area contributed by atoms with Crippen LogP contribution in [0.15, 0.2) is 22.8 Å². The maximum absolute atomic E-state index is 11.4. The van der Waals surface area contributed by atoms with Crippen molar-refractivity contribution in [2.45, 2.75) is 25.6 Å². The molecule has 1 fully saturated rings. The van der Waals surface area contributed by atoms with Gasteiger partial charge in [-0.05, 0) is 35.0 Å². The van der Waals surface area contributed by atoms with Gasteiger partial charge in [-0.15, -0.1) is 0 Å². The predicted molar refractivity (Wildman–Crippen MR) is 64.8 cm³/mol. The highest BCUT2D eigenvalue weighted by atomic mass is 79.9. The minimum Gasteiger partial charge on any atom is -0.466 e. The van der Waals surface area contributed by atoms with Crippen LogP contribution in [0.4, 0.5) is 0 Å². The third-order valence-electron chi connectivity index (χ3n) is 2.72. The molecule has 2 atom stereocenters. The Bertz CT molecular complexity index is 341. The van der Waals surface area contributed by atoms with E-state index in [2.05, 4.69) is 32.2 Å². The summed E-state index contributed by atoms with van der Waals surface area (Å²) in [5, 5.41) is 3.34. The lowest BCUT2D eigenvalue weighted by Gasteiger charge is -2.28. The molecule has 0 aliphatic carbocycles. The molecule has 0 unspecified atom stereocenters.